The minimum atomic E-state index is -0.391. The Morgan fingerprint density at radius 3 is 2.70 bits per heavy atom. The molecule has 0 saturated carbocycles. The van der Waals surface area contributed by atoms with Crippen LogP contribution in [0, 0.1) is 0 Å². The summed E-state index contributed by atoms with van der Waals surface area (Å²) in [4.78, 5) is 11.9. The van der Waals surface area contributed by atoms with Crippen molar-refractivity contribution in [2.75, 3.05) is 0 Å². The van der Waals surface area contributed by atoms with Gasteiger partial charge in [0.2, 0.25) is 0 Å². The third-order valence-corrected chi connectivity index (χ3v) is 3.72. The summed E-state index contributed by atoms with van der Waals surface area (Å²) in [7, 11) is 0. The largest absolute Gasteiger partial charge is 0.460 e. The molecule has 1 heterocycles. The second kappa shape index (κ2) is 8.05. The van der Waals surface area contributed by atoms with Gasteiger partial charge in [-0.15, -0.1) is 0 Å². The van der Waals surface area contributed by atoms with Gasteiger partial charge >= 0.3 is 5.97 Å². The Kier molecular flexibility index (Phi) is 6.06. The third kappa shape index (κ3) is 4.64. The fraction of sp³-hybridized carbons (Fsp3) is 0.588. The van der Waals surface area contributed by atoms with Gasteiger partial charge in [0.05, 0.1) is 6.61 Å². The molecule has 1 aromatic rings. The van der Waals surface area contributed by atoms with Crippen molar-refractivity contribution in [3.8, 4) is 0 Å². The van der Waals surface area contributed by atoms with Crippen LogP contribution in [-0.4, -0.2) is 18.2 Å². The predicted octanol–water partition coefficient (Wildman–Crippen LogP) is 3.86. The molecule has 1 fully saturated rings. The van der Waals surface area contributed by atoms with Gasteiger partial charge in [0.15, 0.2) is 6.10 Å². The van der Waals surface area contributed by atoms with E-state index in [1.54, 1.807) is 0 Å². The number of carbonyl (C=O) groups is 1. The molecule has 0 aliphatic carbocycles. The van der Waals surface area contributed by atoms with Crippen molar-refractivity contribution in [2.45, 2.75) is 64.3 Å². The average Bonchev–Trinajstić information content (AvgIpc) is 2.48. The lowest BCUT2D eigenvalue weighted by molar-refractivity contribution is -0.172. The van der Waals surface area contributed by atoms with E-state index in [1.165, 1.54) is 12.8 Å². The number of rotatable bonds is 7. The average molecular weight is 276 g/mol. The molecule has 3 heteroatoms. The Labute approximate surface area is 121 Å². The van der Waals surface area contributed by atoms with Crippen LogP contribution in [0.1, 0.15) is 51.0 Å². The first-order chi connectivity index (χ1) is 9.79. The Bertz CT molecular complexity index is 402. The van der Waals surface area contributed by atoms with Gasteiger partial charge in [0, 0.05) is 0 Å². The van der Waals surface area contributed by atoms with Crippen LogP contribution in [0.2, 0.25) is 0 Å². The van der Waals surface area contributed by atoms with E-state index >= 15 is 0 Å². The summed E-state index contributed by atoms with van der Waals surface area (Å²) >= 11 is 0. The predicted molar refractivity (Wildman–Crippen MR) is 78.3 cm³/mol. The van der Waals surface area contributed by atoms with Crippen molar-refractivity contribution in [1.29, 1.82) is 0 Å². The SMILES string of the molecule is CCCCCC1CCC(OCc2ccccc2)C(=O)O1. The first kappa shape index (κ1) is 15.0. The lowest BCUT2D eigenvalue weighted by Crippen LogP contribution is -2.36. The first-order valence-corrected chi connectivity index (χ1v) is 7.65. The van der Waals surface area contributed by atoms with E-state index in [2.05, 4.69) is 6.92 Å². The standard InChI is InChI=1S/C17H24O3/c1-2-3-5-10-15-11-12-16(17(18)20-15)19-13-14-8-6-4-7-9-14/h4,6-9,15-16H,2-3,5,10-13H2,1H3. The van der Waals surface area contributed by atoms with E-state index in [1.807, 2.05) is 30.3 Å². The minimum absolute atomic E-state index is 0.102. The van der Waals surface area contributed by atoms with E-state index in [4.69, 9.17) is 9.47 Å². The van der Waals surface area contributed by atoms with Crippen LogP contribution < -0.4 is 0 Å². The van der Waals surface area contributed by atoms with Crippen molar-refractivity contribution in [3.05, 3.63) is 35.9 Å². The molecular formula is C17H24O3. The number of esters is 1. The van der Waals surface area contributed by atoms with Crippen molar-refractivity contribution in [3.63, 3.8) is 0 Å². The fourth-order valence-corrected chi connectivity index (χ4v) is 2.50. The lowest BCUT2D eigenvalue weighted by atomic mass is 10.0. The molecule has 0 N–H and O–H groups in total. The minimum Gasteiger partial charge on any atom is -0.460 e. The number of cyclic esters (lactones) is 1. The van der Waals surface area contributed by atoms with Gasteiger partial charge in [-0.05, 0) is 31.2 Å². The van der Waals surface area contributed by atoms with Gasteiger partial charge in [-0.2, -0.15) is 0 Å². The first-order valence-electron chi connectivity index (χ1n) is 7.65. The van der Waals surface area contributed by atoms with Crippen molar-refractivity contribution >= 4 is 5.97 Å². The highest BCUT2D eigenvalue weighted by atomic mass is 16.6. The molecule has 2 rings (SSSR count). The van der Waals surface area contributed by atoms with Gasteiger partial charge < -0.3 is 9.47 Å². The molecule has 0 bridgehead atoms. The summed E-state index contributed by atoms with van der Waals surface area (Å²) in [6.07, 6.45) is 5.96. The molecule has 1 saturated heterocycles. The smallest absolute Gasteiger partial charge is 0.335 e. The fourth-order valence-electron chi connectivity index (χ4n) is 2.50. The maximum atomic E-state index is 11.9. The third-order valence-electron chi connectivity index (χ3n) is 3.72. The molecule has 0 radical (unpaired) electrons. The molecule has 1 aromatic carbocycles. The monoisotopic (exact) mass is 276 g/mol. The number of benzene rings is 1. The summed E-state index contributed by atoms with van der Waals surface area (Å²) in [6.45, 7) is 2.65. The number of hydrogen-bond donors (Lipinski definition) is 0. The number of hydrogen-bond acceptors (Lipinski definition) is 3. The molecule has 1 aliphatic rings. The second-order valence-corrected chi connectivity index (χ2v) is 5.42. The molecule has 20 heavy (non-hydrogen) atoms. The van der Waals surface area contributed by atoms with Crippen LogP contribution in [-0.2, 0) is 20.9 Å². The summed E-state index contributed by atoms with van der Waals surface area (Å²) < 4.78 is 11.2. The molecule has 2 atom stereocenters. The van der Waals surface area contributed by atoms with Gasteiger partial charge in [0.25, 0.3) is 0 Å². The van der Waals surface area contributed by atoms with E-state index in [0.717, 1.165) is 31.2 Å². The van der Waals surface area contributed by atoms with Crippen molar-refractivity contribution < 1.29 is 14.3 Å². The zero-order valence-corrected chi connectivity index (χ0v) is 12.2. The van der Waals surface area contributed by atoms with Crippen molar-refractivity contribution in [1.82, 2.24) is 0 Å². The molecule has 3 nitrogen and oxygen atoms in total. The number of ether oxygens (including phenoxy) is 2. The summed E-state index contributed by atoms with van der Waals surface area (Å²) in [5, 5.41) is 0. The maximum Gasteiger partial charge on any atom is 0.335 e. The Morgan fingerprint density at radius 2 is 2.00 bits per heavy atom. The molecule has 0 amide bonds. The zero-order valence-electron chi connectivity index (χ0n) is 12.2. The highest BCUT2D eigenvalue weighted by molar-refractivity contribution is 5.75. The van der Waals surface area contributed by atoms with Crippen LogP contribution in [0.4, 0.5) is 0 Å². The van der Waals surface area contributed by atoms with Crippen LogP contribution in [0.15, 0.2) is 30.3 Å². The molecule has 0 spiro atoms. The Balaban J connectivity index is 1.72. The molecule has 0 aromatic heterocycles. The number of carbonyl (C=O) groups excluding carboxylic acids is 1. The molecule has 1 aliphatic heterocycles. The highest BCUT2D eigenvalue weighted by Gasteiger charge is 2.30. The van der Waals surface area contributed by atoms with Gasteiger partial charge in [-0.25, -0.2) is 4.79 Å². The molecule has 110 valence electrons. The maximum absolute atomic E-state index is 11.9. The number of unbranched alkanes of at least 4 members (excludes halogenated alkanes) is 2. The second-order valence-electron chi connectivity index (χ2n) is 5.42. The van der Waals surface area contributed by atoms with Crippen LogP contribution in [0.5, 0.6) is 0 Å². The molecule has 2 unspecified atom stereocenters. The van der Waals surface area contributed by atoms with Crippen LogP contribution in [0.3, 0.4) is 0 Å². The lowest BCUT2D eigenvalue weighted by Gasteiger charge is -2.28. The highest BCUT2D eigenvalue weighted by Crippen LogP contribution is 2.22. The van der Waals surface area contributed by atoms with Crippen molar-refractivity contribution in [2.24, 2.45) is 0 Å². The quantitative estimate of drug-likeness (QED) is 0.560. The summed E-state index contributed by atoms with van der Waals surface area (Å²) in [6, 6.07) is 9.92. The van der Waals surface area contributed by atoms with Gasteiger partial charge in [0.1, 0.15) is 6.10 Å². The van der Waals surface area contributed by atoms with E-state index in [-0.39, 0.29) is 12.1 Å². The van der Waals surface area contributed by atoms with Gasteiger partial charge in [-0.3, -0.25) is 0 Å². The summed E-state index contributed by atoms with van der Waals surface area (Å²) in [5.41, 5.74) is 1.09. The Hall–Kier alpha value is -1.35. The summed E-state index contributed by atoms with van der Waals surface area (Å²) in [5.74, 6) is -0.186. The van der Waals surface area contributed by atoms with Gasteiger partial charge in [-0.1, -0.05) is 50.1 Å². The van der Waals surface area contributed by atoms with E-state index < -0.39 is 6.10 Å². The Morgan fingerprint density at radius 1 is 1.20 bits per heavy atom. The van der Waals surface area contributed by atoms with E-state index in [9.17, 15) is 4.79 Å². The van der Waals surface area contributed by atoms with Crippen LogP contribution in [0.25, 0.3) is 0 Å². The topological polar surface area (TPSA) is 35.5 Å². The van der Waals surface area contributed by atoms with Crippen LogP contribution >= 0.6 is 0 Å². The zero-order chi connectivity index (χ0) is 14.2. The normalized spacial score (nSPS) is 22.6. The molecular weight excluding hydrogens is 252 g/mol. The van der Waals surface area contributed by atoms with E-state index in [0.29, 0.717) is 6.61 Å².